The second-order valence-corrected chi connectivity index (χ2v) is 14.7. The minimum atomic E-state index is -4.53. The number of aryl methyl sites for hydroxylation is 1. The number of benzene rings is 7. The van der Waals surface area contributed by atoms with E-state index in [0.717, 1.165) is 23.3 Å². The smallest absolute Gasteiger partial charge is 0.307 e. The molecular formula is C48H25F3N2O4. The number of nitrogens with zero attached hydrogens (tertiary/aromatic N) is 2. The van der Waals surface area contributed by atoms with Crippen molar-refractivity contribution < 1.29 is 13.2 Å². The van der Waals surface area contributed by atoms with Crippen LogP contribution >= 0.6 is 0 Å². The zero-order valence-electron chi connectivity index (χ0n) is 29.9. The Hall–Kier alpha value is -7.39. The molecule has 57 heavy (non-hydrogen) atoms. The van der Waals surface area contributed by atoms with Crippen molar-refractivity contribution >= 4 is 76.2 Å². The van der Waals surface area contributed by atoms with Crippen LogP contribution in [0.25, 0.3) is 98.4 Å². The SMILES string of the molecule is Cc1ccc(-c2cc3c(=O)c4ccccc4n4c5cc6c(cc5c(=O)c(c2)c34)c(=O)c2cc(-c3ccc(C(F)(F)F)cc3)cc3c(=O)c4ccccc4n6c32)cc1. The fourth-order valence-electron chi connectivity index (χ4n) is 8.73. The molecule has 0 unspecified atom stereocenters. The molecule has 0 N–H and O–H groups in total. The summed E-state index contributed by atoms with van der Waals surface area (Å²) in [6.07, 6.45) is -4.53. The molecule has 0 radical (unpaired) electrons. The maximum Gasteiger partial charge on any atom is 0.416 e. The average Bonchev–Trinajstić information content (AvgIpc) is 3.22. The monoisotopic (exact) mass is 750 g/mol. The summed E-state index contributed by atoms with van der Waals surface area (Å²) in [6.45, 7) is 1.98. The van der Waals surface area contributed by atoms with E-state index < -0.39 is 17.2 Å². The normalized spacial score (nSPS) is 12.5. The summed E-state index contributed by atoms with van der Waals surface area (Å²) in [4.78, 5) is 58.2. The van der Waals surface area contributed by atoms with E-state index in [1.54, 1.807) is 66.7 Å². The average molecular weight is 751 g/mol. The molecule has 9 heteroatoms. The summed E-state index contributed by atoms with van der Waals surface area (Å²) < 4.78 is 44.2. The zero-order chi connectivity index (χ0) is 39.1. The topological polar surface area (TPSA) is 77.1 Å². The Kier molecular flexibility index (Phi) is 6.56. The number of alkyl halides is 3. The van der Waals surface area contributed by atoms with Gasteiger partial charge in [-0.25, -0.2) is 0 Å². The third-order valence-electron chi connectivity index (χ3n) is 11.4. The first-order valence-corrected chi connectivity index (χ1v) is 18.2. The van der Waals surface area contributed by atoms with E-state index in [1.807, 2.05) is 58.2 Å². The lowest BCUT2D eigenvalue weighted by Crippen LogP contribution is -2.17. The Morgan fingerprint density at radius 3 is 1.19 bits per heavy atom. The number of pyridine rings is 4. The summed E-state index contributed by atoms with van der Waals surface area (Å²) in [5.41, 5.74) is 4.11. The van der Waals surface area contributed by atoms with Gasteiger partial charge in [0.05, 0.1) is 38.7 Å². The molecule has 11 aromatic rings. The van der Waals surface area contributed by atoms with Crippen molar-refractivity contribution in [2.75, 3.05) is 0 Å². The third kappa shape index (κ3) is 4.53. The standard InChI is InChI=1S/C48H25F3N2O4/c1-24-10-12-25(13-11-24)27-18-34-42-36(20-27)46(56)32-22-33-41(23-40(32)52(42)38-8-4-2-6-30(38)44(34)54)53-39-9-5-3-7-31(39)45(55)35-19-28(21-37(43(35)53)47(33)57)26-14-16-29(17-15-26)48(49,50)51/h2-23H,1H3. The van der Waals surface area contributed by atoms with Crippen LogP contribution < -0.4 is 21.7 Å². The van der Waals surface area contributed by atoms with Gasteiger partial charge >= 0.3 is 6.18 Å². The molecule has 4 heterocycles. The molecule has 0 aliphatic rings. The van der Waals surface area contributed by atoms with Gasteiger partial charge in [0.25, 0.3) is 0 Å². The van der Waals surface area contributed by atoms with Gasteiger partial charge in [0.2, 0.25) is 0 Å². The van der Waals surface area contributed by atoms with Crippen LogP contribution in [0.1, 0.15) is 11.1 Å². The van der Waals surface area contributed by atoms with Crippen LogP contribution in [0, 0.1) is 6.92 Å². The number of hydrogen-bond acceptors (Lipinski definition) is 4. The fourth-order valence-corrected chi connectivity index (χ4v) is 8.73. The van der Waals surface area contributed by atoms with Crippen LogP contribution in [0.15, 0.2) is 153 Å². The van der Waals surface area contributed by atoms with Crippen LogP contribution in [-0.2, 0) is 6.18 Å². The summed E-state index contributed by atoms with van der Waals surface area (Å²) in [7, 11) is 0. The second-order valence-electron chi connectivity index (χ2n) is 14.7. The summed E-state index contributed by atoms with van der Waals surface area (Å²) >= 11 is 0. The summed E-state index contributed by atoms with van der Waals surface area (Å²) in [5.74, 6) is 0. The van der Waals surface area contributed by atoms with Gasteiger partial charge in [-0.2, -0.15) is 13.2 Å². The molecule has 4 aromatic heterocycles. The number of fused-ring (bicyclic) bond motifs is 8. The van der Waals surface area contributed by atoms with Crippen molar-refractivity contribution in [3.05, 3.63) is 185 Å². The van der Waals surface area contributed by atoms with Crippen molar-refractivity contribution in [2.45, 2.75) is 13.1 Å². The Morgan fingerprint density at radius 2 is 0.772 bits per heavy atom. The van der Waals surface area contributed by atoms with Crippen LogP contribution in [-0.4, -0.2) is 8.80 Å². The minimum absolute atomic E-state index is 0.180. The molecule has 0 saturated carbocycles. The van der Waals surface area contributed by atoms with Gasteiger partial charge in [-0.1, -0.05) is 66.2 Å². The molecule has 11 rings (SSSR count). The van der Waals surface area contributed by atoms with E-state index in [0.29, 0.717) is 71.3 Å². The number of rotatable bonds is 2. The predicted octanol–water partition coefficient (Wildman–Crippen LogP) is 10.1. The van der Waals surface area contributed by atoms with Crippen LogP contribution in [0.5, 0.6) is 0 Å². The van der Waals surface area contributed by atoms with E-state index in [-0.39, 0.29) is 37.8 Å². The lowest BCUT2D eigenvalue weighted by molar-refractivity contribution is -0.137. The number of aromatic nitrogens is 2. The van der Waals surface area contributed by atoms with Crippen molar-refractivity contribution in [3.8, 4) is 22.3 Å². The highest BCUT2D eigenvalue weighted by atomic mass is 19.4. The molecule has 0 fully saturated rings. The molecule has 0 amide bonds. The maximum atomic E-state index is 14.8. The Morgan fingerprint density at radius 1 is 0.386 bits per heavy atom. The van der Waals surface area contributed by atoms with Gasteiger partial charge in [0.15, 0.2) is 21.7 Å². The first-order chi connectivity index (χ1) is 27.5. The highest BCUT2D eigenvalue weighted by Crippen LogP contribution is 2.37. The molecule has 0 atom stereocenters. The Labute approximate surface area is 318 Å². The Bertz CT molecular complexity index is 3820. The highest BCUT2D eigenvalue weighted by molar-refractivity contribution is 6.14. The maximum absolute atomic E-state index is 14.8. The van der Waals surface area contributed by atoms with E-state index >= 15 is 0 Å². The fraction of sp³-hybridized carbons (Fsp3) is 0.0417. The first kappa shape index (κ1) is 33.0. The molecule has 0 saturated heterocycles. The number of para-hydroxylation sites is 2. The second kappa shape index (κ2) is 11.3. The van der Waals surface area contributed by atoms with Crippen molar-refractivity contribution in [2.24, 2.45) is 0 Å². The molecule has 272 valence electrons. The highest BCUT2D eigenvalue weighted by Gasteiger charge is 2.30. The lowest BCUT2D eigenvalue weighted by atomic mass is 9.95. The van der Waals surface area contributed by atoms with Gasteiger partial charge < -0.3 is 8.80 Å². The zero-order valence-corrected chi connectivity index (χ0v) is 29.9. The van der Waals surface area contributed by atoms with E-state index in [2.05, 4.69) is 0 Å². The van der Waals surface area contributed by atoms with Gasteiger partial charge in [-0.15, -0.1) is 0 Å². The summed E-state index contributed by atoms with van der Waals surface area (Å²) in [5, 5.41) is 2.42. The minimum Gasteiger partial charge on any atom is -0.307 e. The third-order valence-corrected chi connectivity index (χ3v) is 11.4. The van der Waals surface area contributed by atoms with Gasteiger partial charge in [-0.3, -0.25) is 19.2 Å². The molecule has 7 aromatic carbocycles. The van der Waals surface area contributed by atoms with Crippen LogP contribution in [0.4, 0.5) is 13.2 Å². The molecular weight excluding hydrogens is 726 g/mol. The van der Waals surface area contributed by atoms with Gasteiger partial charge in [0, 0.05) is 43.1 Å². The van der Waals surface area contributed by atoms with Gasteiger partial charge in [0.1, 0.15) is 0 Å². The first-order valence-electron chi connectivity index (χ1n) is 18.2. The molecule has 0 aliphatic heterocycles. The lowest BCUT2D eigenvalue weighted by Gasteiger charge is -2.19. The predicted molar refractivity (Wildman–Crippen MR) is 221 cm³/mol. The van der Waals surface area contributed by atoms with Crippen molar-refractivity contribution in [1.82, 2.24) is 8.80 Å². The van der Waals surface area contributed by atoms with Crippen LogP contribution in [0.2, 0.25) is 0 Å². The molecule has 0 bridgehead atoms. The van der Waals surface area contributed by atoms with Crippen molar-refractivity contribution in [1.29, 1.82) is 0 Å². The van der Waals surface area contributed by atoms with E-state index in [9.17, 15) is 32.3 Å². The van der Waals surface area contributed by atoms with Crippen LogP contribution in [0.3, 0.4) is 0 Å². The molecule has 0 aliphatic carbocycles. The van der Waals surface area contributed by atoms with E-state index in [4.69, 9.17) is 0 Å². The van der Waals surface area contributed by atoms with Crippen molar-refractivity contribution in [3.63, 3.8) is 0 Å². The Balaban J connectivity index is 1.34. The van der Waals surface area contributed by atoms with Gasteiger partial charge in [-0.05, 0) is 102 Å². The van der Waals surface area contributed by atoms with E-state index in [1.165, 1.54) is 12.1 Å². The largest absolute Gasteiger partial charge is 0.416 e. The quantitative estimate of drug-likeness (QED) is 0.130. The number of halogens is 3. The number of hydrogen-bond donors (Lipinski definition) is 0. The molecule has 0 spiro atoms. The summed E-state index contributed by atoms with van der Waals surface area (Å²) in [6, 6.07) is 36.9. The molecule has 6 nitrogen and oxygen atoms in total.